The zero-order valence-corrected chi connectivity index (χ0v) is 14.1. The van der Waals surface area contributed by atoms with Crippen molar-refractivity contribution in [2.24, 2.45) is 0 Å². The van der Waals surface area contributed by atoms with E-state index < -0.39 is 22.4 Å². The first kappa shape index (κ1) is 16.2. The van der Waals surface area contributed by atoms with Gasteiger partial charge in [-0.15, -0.1) is 0 Å². The number of carboxylic acid groups (broad SMARTS) is 1. The van der Waals surface area contributed by atoms with E-state index in [1.807, 2.05) is 0 Å². The summed E-state index contributed by atoms with van der Waals surface area (Å²) in [6.45, 7) is 13.8. The zero-order valence-electron chi connectivity index (χ0n) is 11.2. The number of nitrogens with zero attached hydrogens (tertiary/aromatic N) is 1. The third-order valence-electron chi connectivity index (χ3n) is 2.36. The Morgan fingerprint density at radius 1 is 1.19 bits per heavy atom. The fraction of sp³-hybridized carbons (Fsp3) is 0.900. The van der Waals surface area contributed by atoms with E-state index in [0.29, 0.717) is 6.42 Å². The van der Waals surface area contributed by atoms with Gasteiger partial charge in [0.2, 0.25) is 0 Å². The van der Waals surface area contributed by atoms with Gasteiger partial charge in [0.05, 0.1) is 0 Å². The van der Waals surface area contributed by atoms with Crippen molar-refractivity contribution in [3.63, 3.8) is 0 Å². The molecule has 0 fully saturated rings. The fourth-order valence-corrected chi connectivity index (χ4v) is 14.6. The van der Waals surface area contributed by atoms with E-state index in [1.54, 1.807) is 0 Å². The highest BCUT2D eigenvalue weighted by atomic mass is 32.1. The van der Waals surface area contributed by atoms with E-state index >= 15 is 0 Å². The van der Waals surface area contributed by atoms with Crippen molar-refractivity contribution >= 4 is 35.1 Å². The second-order valence-electron chi connectivity index (χ2n) is 6.12. The molecule has 0 radical (unpaired) electrons. The number of carboxylic acids is 1. The number of aliphatic carboxylic acids is 1. The van der Waals surface area contributed by atoms with Crippen LogP contribution < -0.4 is 0 Å². The second-order valence-corrected chi connectivity index (χ2v) is 16.8. The molecule has 0 aliphatic heterocycles. The molecule has 1 N–H and O–H groups in total. The van der Waals surface area contributed by atoms with Gasteiger partial charge in [-0.2, -0.15) is 12.6 Å². The minimum Gasteiger partial charge on any atom is -0.481 e. The molecule has 0 aromatic heterocycles. The van der Waals surface area contributed by atoms with E-state index in [4.69, 9.17) is 5.11 Å². The molecule has 0 saturated heterocycles. The van der Waals surface area contributed by atoms with Crippen LogP contribution in [0.2, 0.25) is 39.3 Å². The molecule has 6 heteroatoms. The highest BCUT2D eigenvalue weighted by Gasteiger charge is 2.37. The monoisotopic (exact) mass is 279 g/mol. The summed E-state index contributed by atoms with van der Waals surface area (Å²) in [4.78, 5) is 10.6. The SMILES string of the molecule is C[Si](C)(C)N(C(S)CCC(=O)O)[Si](C)(C)C. The molecule has 0 rings (SSSR count). The smallest absolute Gasteiger partial charge is 0.303 e. The fourth-order valence-electron chi connectivity index (χ4n) is 2.28. The van der Waals surface area contributed by atoms with Gasteiger partial charge in [-0.1, -0.05) is 39.3 Å². The minimum atomic E-state index is -1.43. The van der Waals surface area contributed by atoms with Crippen molar-refractivity contribution in [3.8, 4) is 0 Å². The zero-order chi connectivity index (χ0) is 13.1. The van der Waals surface area contributed by atoms with Crippen molar-refractivity contribution in [2.75, 3.05) is 0 Å². The molecule has 1 atom stereocenters. The van der Waals surface area contributed by atoms with Crippen molar-refractivity contribution in [1.82, 2.24) is 4.23 Å². The number of rotatable bonds is 6. The molecule has 0 spiro atoms. The maximum Gasteiger partial charge on any atom is 0.303 e. The first-order valence-electron chi connectivity index (χ1n) is 5.65. The summed E-state index contributed by atoms with van der Waals surface area (Å²) in [6, 6.07) is 0. The summed E-state index contributed by atoms with van der Waals surface area (Å²) < 4.78 is 2.53. The van der Waals surface area contributed by atoms with Crippen LogP contribution in [0.5, 0.6) is 0 Å². The van der Waals surface area contributed by atoms with Gasteiger partial charge in [0.25, 0.3) is 0 Å². The Labute approximate surface area is 107 Å². The Morgan fingerprint density at radius 2 is 1.56 bits per heavy atom. The largest absolute Gasteiger partial charge is 0.481 e. The summed E-state index contributed by atoms with van der Waals surface area (Å²) in [7, 11) is -2.86. The van der Waals surface area contributed by atoms with Crippen LogP contribution in [0.4, 0.5) is 0 Å². The lowest BCUT2D eigenvalue weighted by molar-refractivity contribution is -0.137. The summed E-state index contributed by atoms with van der Waals surface area (Å²) in [5.74, 6) is -0.731. The van der Waals surface area contributed by atoms with Crippen molar-refractivity contribution < 1.29 is 9.90 Å². The molecule has 0 amide bonds. The Hall–Kier alpha value is 0.214. The molecule has 0 aliphatic carbocycles. The molecule has 1 unspecified atom stereocenters. The van der Waals surface area contributed by atoms with Gasteiger partial charge in [0.15, 0.2) is 0 Å². The van der Waals surface area contributed by atoms with Crippen LogP contribution in [0.1, 0.15) is 12.8 Å². The van der Waals surface area contributed by atoms with Crippen LogP contribution in [-0.4, -0.2) is 37.2 Å². The van der Waals surface area contributed by atoms with Gasteiger partial charge in [-0.25, -0.2) is 0 Å². The van der Waals surface area contributed by atoms with Crippen LogP contribution >= 0.6 is 12.6 Å². The van der Waals surface area contributed by atoms with Crippen molar-refractivity contribution in [2.45, 2.75) is 57.5 Å². The highest BCUT2D eigenvalue weighted by Crippen LogP contribution is 2.26. The number of carbonyl (C=O) groups is 1. The van der Waals surface area contributed by atoms with Gasteiger partial charge in [-0.3, -0.25) is 4.79 Å². The van der Waals surface area contributed by atoms with Crippen molar-refractivity contribution in [3.05, 3.63) is 0 Å². The Morgan fingerprint density at radius 3 is 1.81 bits per heavy atom. The van der Waals surface area contributed by atoms with E-state index in [2.05, 4.69) is 56.1 Å². The number of thiol groups is 1. The van der Waals surface area contributed by atoms with Crippen molar-refractivity contribution in [1.29, 1.82) is 0 Å². The van der Waals surface area contributed by atoms with Gasteiger partial charge in [0, 0.05) is 11.8 Å². The van der Waals surface area contributed by atoms with Crippen LogP contribution in [0.15, 0.2) is 0 Å². The molecule has 0 aliphatic rings. The molecular weight excluding hydrogens is 254 g/mol. The highest BCUT2D eigenvalue weighted by molar-refractivity contribution is 7.81. The molecule has 0 bridgehead atoms. The average molecular weight is 280 g/mol. The van der Waals surface area contributed by atoms with Crippen LogP contribution in [0.25, 0.3) is 0 Å². The Balaban J connectivity index is 4.72. The molecular formula is C10H25NO2SSi2. The second kappa shape index (κ2) is 5.70. The van der Waals surface area contributed by atoms with E-state index in [1.165, 1.54) is 0 Å². The van der Waals surface area contributed by atoms with Crippen LogP contribution in [-0.2, 0) is 4.79 Å². The first-order valence-corrected chi connectivity index (χ1v) is 13.1. The standard InChI is InChI=1S/C10H25NO2SSi2/c1-15(2,3)11(16(4,5)6)9(14)7-8-10(12)13/h9,14H,7-8H2,1-6H3,(H,12,13). The Bertz CT molecular complexity index is 234. The lowest BCUT2D eigenvalue weighted by Gasteiger charge is -2.47. The molecule has 0 heterocycles. The van der Waals surface area contributed by atoms with Gasteiger partial charge >= 0.3 is 5.97 Å². The lowest BCUT2D eigenvalue weighted by atomic mass is 10.3. The van der Waals surface area contributed by atoms with Crippen LogP contribution in [0.3, 0.4) is 0 Å². The summed E-state index contributed by atoms with van der Waals surface area (Å²) in [6.07, 6.45) is 0.840. The summed E-state index contributed by atoms with van der Waals surface area (Å²) in [5, 5.41) is 8.81. The van der Waals surface area contributed by atoms with E-state index in [9.17, 15) is 4.79 Å². The molecule has 0 saturated carbocycles. The Kier molecular flexibility index (Phi) is 5.78. The minimum absolute atomic E-state index is 0.0921. The van der Waals surface area contributed by atoms with Crippen LogP contribution in [0, 0.1) is 0 Å². The summed E-state index contributed by atoms with van der Waals surface area (Å²) >= 11 is 4.62. The first-order chi connectivity index (χ1) is 6.96. The predicted octanol–water partition coefficient (Wildman–Crippen LogP) is 3.08. The molecule has 0 aromatic carbocycles. The third-order valence-corrected chi connectivity index (χ3v) is 10.8. The molecule has 3 nitrogen and oxygen atoms in total. The van der Waals surface area contributed by atoms with Gasteiger partial charge in [0.1, 0.15) is 16.5 Å². The third kappa shape index (κ3) is 5.51. The normalized spacial score (nSPS) is 15.2. The quantitative estimate of drug-likeness (QED) is 0.446. The van der Waals surface area contributed by atoms with E-state index in [-0.39, 0.29) is 11.8 Å². The predicted molar refractivity (Wildman–Crippen MR) is 78.2 cm³/mol. The topological polar surface area (TPSA) is 40.5 Å². The summed E-state index contributed by atoms with van der Waals surface area (Å²) in [5.41, 5.74) is 0. The average Bonchev–Trinajstić information content (AvgIpc) is 1.94. The molecule has 0 aromatic rings. The van der Waals surface area contributed by atoms with Gasteiger partial charge < -0.3 is 9.34 Å². The molecule has 16 heavy (non-hydrogen) atoms. The van der Waals surface area contributed by atoms with Gasteiger partial charge in [-0.05, 0) is 6.42 Å². The number of hydrogen-bond acceptors (Lipinski definition) is 3. The molecule has 96 valence electrons. The van der Waals surface area contributed by atoms with E-state index in [0.717, 1.165) is 0 Å². The maximum atomic E-state index is 10.6. The number of hydrogen-bond donors (Lipinski definition) is 2. The lowest BCUT2D eigenvalue weighted by Crippen LogP contribution is -2.62. The maximum absolute atomic E-state index is 10.6.